The number of nitrogens with one attached hydrogen (secondary N) is 1. The van der Waals surface area contributed by atoms with E-state index in [9.17, 15) is 9.18 Å². The zero-order valence-electron chi connectivity index (χ0n) is 12.1. The Morgan fingerprint density at radius 2 is 2.09 bits per heavy atom. The lowest BCUT2D eigenvalue weighted by atomic mass is 9.98. The van der Waals surface area contributed by atoms with Gasteiger partial charge in [0, 0.05) is 17.3 Å². The second kappa shape index (κ2) is 5.62. The molecule has 0 atom stereocenters. The molecular formula is C16H14ClFN4O. The van der Waals surface area contributed by atoms with Crippen LogP contribution in [0, 0.1) is 11.2 Å². The van der Waals surface area contributed by atoms with Gasteiger partial charge in [0.15, 0.2) is 0 Å². The maximum Gasteiger partial charge on any atom is 0.214 e. The molecule has 0 saturated heterocycles. The van der Waals surface area contributed by atoms with Gasteiger partial charge >= 0.3 is 0 Å². The first kappa shape index (κ1) is 15.4. The maximum absolute atomic E-state index is 13.5. The van der Waals surface area contributed by atoms with Crippen molar-refractivity contribution in [3.8, 4) is 0 Å². The summed E-state index contributed by atoms with van der Waals surface area (Å²) in [5.41, 5.74) is 12.4. The Bertz CT molecular complexity index is 833. The normalized spacial score (nSPS) is 13.8. The fourth-order valence-electron chi connectivity index (χ4n) is 2.48. The van der Waals surface area contributed by atoms with Gasteiger partial charge in [-0.1, -0.05) is 11.6 Å². The Morgan fingerprint density at radius 3 is 2.70 bits per heavy atom. The third kappa shape index (κ3) is 2.66. The van der Waals surface area contributed by atoms with Gasteiger partial charge in [-0.15, -0.1) is 0 Å². The average molecular weight is 333 g/mol. The van der Waals surface area contributed by atoms with Crippen LogP contribution in [0.3, 0.4) is 0 Å². The molecule has 0 radical (unpaired) electrons. The number of rotatable bonds is 4. The van der Waals surface area contributed by atoms with Crippen LogP contribution in [0.5, 0.6) is 0 Å². The molecule has 1 aromatic carbocycles. The number of aromatic nitrogens is 1. The van der Waals surface area contributed by atoms with Crippen LogP contribution >= 0.6 is 11.6 Å². The van der Waals surface area contributed by atoms with Crippen LogP contribution in [-0.4, -0.2) is 17.0 Å². The molecule has 0 aliphatic heterocycles. The van der Waals surface area contributed by atoms with Crippen molar-refractivity contribution in [2.45, 2.75) is 18.8 Å². The number of halogens is 2. The van der Waals surface area contributed by atoms with Gasteiger partial charge in [0.25, 0.3) is 0 Å². The summed E-state index contributed by atoms with van der Waals surface area (Å²) in [6, 6.07) is 4.00. The molecule has 1 aromatic heterocycles. The van der Waals surface area contributed by atoms with Gasteiger partial charge in [0.2, 0.25) is 5.78 Å². The van der Waals surface area contributed by atoms with E-state index in [1.54, 1.807) is 6.07 Å². The molecule has 118 valence electrons. The quantitative estimate of drug-likeness (QED) is 0.346. The van der Waals surface area contributed by atoms with Crippen molar-refractivity contribution in [2.75, 3.05) is 11.5 Å². The lowest BCUT2D eigenvalue weighted by Gasteiger charge is -2.11. The van der Waals surface area contributed by atoms with E-state index >= 15 is 0 Å². The standard InChI is InChI=1S/C16H14ClFN4O/c17-16-9(7-1-2-7)5-12(20)14(22-16)15(23)8-3-4-11(18)13(21)10(8)6-19/h3-7,19H,1-2,20-21H2. The van der Waals surface area contributed by atoms with Crippen LogP contribution in [0.4, 0.5) is 15.8 Å². The van der Waals surface area contributed by atoms with Crippen LogP contribution in [0.2, 0.25) is 5.15 Å². The minimum absolute atomic E-state index is 0.00130. The largest absolute Gasteiger partial charge is 0.397 e. The lowest BCUT2D eigenvalue weighted by Crippen LogP contribution is -2.13. The minimum Gasteiger partial charge on any atom is -0.397 e. The summed E-state index contributed by atoms with van der Waals surface area (Å²) in [6.45, 7) is 0. The number of benzene rings is 1. The first-order chi connectivity index (χ1) is 10.9. The second-order valence-electron chi connectivity index (χ2n) is 5.48. The van der Waals surface area contributed by atoms with E-state index in [1.165, 1.54) is 6.07 Å². The minimum atomic E-state index is -0.692. The number of ketones is 1. The van der Waals surface area contributed by atoms with Crippen molar-refractivity contribution in [3.63, 3.8) is 0 Å². The zero-order chi connectivity index (χ0) is 16.7. The van der Waals surface area contributed by atoms with Gasteiger partial charge < -0.3 is 16.9 Å². The Balaban J connectivity index is 2.09. The van der Waals surface area contributed by atoms with E-state index in [1.807, 2.05) is 0 Å². The van der Waals surface area contributed by atoms with Crippen LogP contribution in [0.1, 0.15) is 45.9 Å². The van der Waals surface area contributed by atoms with Crippen molar-refractivity contribution in [3.05, 3.63) is 51.6 Å². The van der Waals surface area contributed by atoms with Crippen LogP contribution < -0.4 is 11.5 Å². The molecule has 0 spiro atoms. The molecule has 1 aliphatic carbocycles. The lowest BCUT2D eigenvalue weighted by molar-refractivity contribution is 0.103. The highest BCUT2D eigenvalue weighted by atomic mass is 35.5. The maximum atomic E-state index is 13.5. The third-order valence-corrected chi connectivity index (χ3v) is 4.19. The highest BCUT2D eigenvalue weighted by Crippen LogP contribution is 2.43. The van der Waals surface area contributed by atoms with E-state index in [0.717, 1.165) is 30.7 Å². The van der Waals surface area contributed by atoms with E-state index < -0.39 is 11.6 Å². The molecule has 0 unspecified atom stereocenters. The van der Waals surface area contributed by atoms with Crippen molar-refractivity contribution < 1.29 is 9.18 Å². The summed E-state index contributed by atoms with van der Waals surface area (Å²) >= 11 is 6.15. The molecule has 1 fully saturated rings. The Hall–Kier alpha value is -2.47. The summed E-state index contributed by atoms with van der Waals surface area (Å²) in [6.07, 6.45) is 2.89. The van der Waals surface area contributed by atoms with Crippen LogP contribution in [0.15, 0.2) is 18.2 Å². The topological polar surface area (TPSA) is 106 Å². The number of pyridine rings is 1. The summed E-state index contributed by atoms with van der Waals surface area (Å²) < 4.78 is 13.5. The molecule has 2 aromatic rings. The smallest absolute Gasteiger partial charge is 0.214 e. The van der Waals surface area contributed by atoms with Gasteiger partial charge in [-0.2, -0.15) is 0 Å². The predicted molar refractivity (Wildman–Crippen MR) is 87.8 cm³/mol. The number of anilines is 2. The predicted octanol–water partition coefficient (Wildman–Crippen LogP) is 3.14. The second-order valence-corrected chi connectivity index (χ2v) is 5.83. The fraction of sp³-hybridized carbons (Fsp3) is 0.188. The summed E-state index contributed by atoms with van der Waals surface area (Å²) in [5.74, 6) is -0.889. The first-order valence-electron chi connectivity index (χ1n) is 7.03. The van der Waals surface area contributed by atoms with E-state index in [4.69, 9.17) is 28.5 Å². The van der Waals surface area contributed by atoms with Crippen molar-refractivity contribution >= 4 is 35.0 Å². The molecule has 0 bridgehead atoms. The molecular weight excluding hydrogens is 319 g/mol. The molecule has 0 amide bonds. The van der Waals surface area contributed by atoms with E-state index in [0.29, 0.717) is 5.92 Å². The van der Waals surface area contributed by atoms with Gasteiger partial charge in [-0.3, -0.25) is 4.79 Å². The Labute approximate surface area is 137 Å². The number of nitrogens with zero attached hydrogens (tertiary/aromatic N) is 1. The van der Waals surface area contributed by atoms with Crippen molar-refractivity contribution in [1.29, 1.82) is 5.41 Å². The molecule has 3 rings (SSSR count). The number of hydrogen-bond donors (Lipinski definition) is 3. The number of carbonyl (C=O) groups is 1. The van der Waals surface area contributed by atoms with Crippen molar-refractivity contribution in [1.82, 2.24) is 4.98 Å². The molecule has 5 nitrogen and oxygen atoms in total. The molecule has 23 heavy (non-hydrogen) atoms. The monoisotopic (exact) mass is 332 g/mol. The van der Waals surface area contributed by atoms with Crippen LogP contribution in [-0.2, 0) is 0 Å². The summed E-state index contributed by atoms with van der Waals surface area (Å²) in [5, 5.41) is 7.62. The van der Waals surface area contributed by atoms with E-state index in [2.05, 4.69) is 4.98 Å². The summed E-state index contributed by atoms with van der Waals surface area (Å²) in [4.78, 5) is 16.8. The van der Waals surface area contributed by atoms with Crippen LogP contribution in [0.25, 0.3) is 0 Å². The number of nitrogen functional groups attached to an aromatic ring is 2. The number of hydrogen-bond acceptors (Lipinski definition) is 5. The average Bonchev–Trinajstić information content (AvgIpc) is 3.35. The fourth-order valence-corrected chi connectivity index (χ4v) is 2.77. The SMILES string of the molecule is N=Cc1c(C(=O)c2nc(Cl)c(C3CC3)cc2N)ccc(F)c1N. The number of carbonyl (C=O) groups excluding carboxylic acids is 1. The highest BCUT2D eigenvalue weighted by molar-refractivity contribution is 6.30. The number of nitrogens with two attached hydrogens (primary N) is 2. The van der Waals surface area contributed by atoms with Gasteiger partial charge in [-0.05, 0) is 42.5 Å². The molecule has 1 saturated carbocycles. The molecule has 5 N–H and O–H groups in total. The Morgan fingerprint density at radius 1 is 1.39 bits per heavy atom. The molecule has 1 aliphatic rings. The van der Waals surface area contributed by atoms with E-state index in [-0.39, 0.29) is 33.3 Å². The molecule has 1 heterocycles. The van der Waals surface area contributed by atoms with Gasteiger partial charge in [0.05, 0.1) is 11.4 Å². The van der Waals surface area contributed by atoms with Gasteiger partial charge in [0.1, 0.15) is 16.7 Å². The summed E-state index contributed by atoms with van der Waals surface area (Å²) in [7, 11) is 0. The first-order valence-corrected chi connectivity index (χ1v) is 7.41. The molecule has 7 heteroatoms. The van der Waals surface area contributed by atoms with Gasteiger partial charge in [-0.25, -0.2) is 9.37 Å². The van der Waals surface area contributed by atoms with Crippen molar-refractivity contribution in [2.24, 2.45) is 0 Å². The zero-order valence-corrected chi connectivity index (χ0v) is 12.8. The third-order valence-electron chi connectivity index (χ3n) is 3.89. The highest BCUT2D eigenvalue weighted by Gasteiger charge is 2.29. The Kier molecular flexibility index (Phi) is 3.77.